The van der Waals surface area contributed by atoms with Crippen molar-refractivity contribution in [3.63, 3.8) is 0 Å². The number of carbonyl (C=O) groups is 1. The summed E-state index contributed by atoms with van der Waals surface area (Å²) in [6.45, 7) is 6.45. The van der Waals surface area contributed by atoms with E-state index in [-0.39, 0.29) is 18.1 Å². The number of likely N-dealkylation sites (N-methyl/N-ethyl adjacent to an activating group) is 1. The van der Waals surface area contributed by atoms with Gasteiger partial charge in [0.1, 0.15) is 17.3 Å². The Bertz CT molecular complexity index is 1060. The van der Waals surface area contributed by atoms with Gasteiger partial charge in [-0.25, -0.2) is 4.79 Å². The number of aryl methyl sites for hydroxylation is 1. The summed E-state index contributed by atoms with van der Waals surface area (Å²) in [5.74, 6) is 2.93. The Balaban J connectivity index is 1.48. The van der Waals surface area contributed by atoms with Gasteiger partial charge in [-0.05, 0) is 50.6 Å². The predicted octanol–water partition coefficient (Wildman–Crippen LogP) is 4.41. The van der Waals surface area contributed by atoms with Crippen LogP contribution in [0.15, 0.2) is 54.6 Å². The van der Waals surface area contributed by atoms with E-state index in [0.29, 0.717) is 24.3 Å². The molecule has 1 aliphatic rings. The highest BCUT2D eigenvalue weighted by Gasteiger charge is 2.35. The van der Waals surface area contributed by atoms with Gasteiger partial charge in [-0.15, -0.1) is 0 Å². The van der Waals surface area contributed by atoms with Gasteiger partial charge in [0.25, 0.3) is 0 Å². The predicted molar refractivity (Wildman–Crippen MR) is 120 cm³/mol. The van der Waals surface area contributed by atoms with E-state index < -0.39 is 0 Å². The van der Waals surface area contributed by atoms with Crippen LogP contribution in [0.1, 0.15) is 31.3 Å². The number of ether oxygens (including phenoxy) is 1. The van der Waals surface area contributed by atoms with Crippen LogP contribution in [-0.2, 0) is 0 Å². The summed E-state index contributed by atoms with van der Waals surface area (Å²) in [7, 11) is 1.78. The summed E-state index contributed by atoms with van der Waals surface area (Å²) in [6.07, 6.45) is 0. The Morgan fingerprint density at radius 1 is 1.03 bits per heavy atom. The first-order valence-corrected chi connectivity index (χ1v) is 10.3. The molecule has 31 heavy (non-hydrogen) atoms. The zero-order chi connectivity index (χ0) is 22.0. The van der Waals surface area contributed by atoms with E-state index in [1.165, 1.54) is 0 Å². The molecule has 1 aromatic heterocycles. The molecule has 4 rings (SSSR count). The smallest absolute Gasteiger partial charge is 0.327 e. The molecule has 1 aliphatic heterocycles. The van der Waals surface area contributed by atoms with Gasteiger partial charge in [0.2, 0.25) is 11.9 Å². The molecule has 0 unspecified atom stereocenters. The third kappa shape index (κ3) is 4.58. The molecule has 0 bridgehead atoms. The Kier molecular flexibility index (Phi) is 5.70. The van der Waals surface area contributed by atoms with Crippen molar-refractivity contribution >= 4 is 17.9 Å². The largest absolute Gasteiger partial charge is 0.457 e. The highest BCUT2D eigenvalue weighted by molar-refractivity contribution is 5.93. The minimum Gasteiger partial charge on any atom is -0.457 e. The van der Waals surface area contributed by atoms with Crippen LogP contribution in [0.25, 0.3) is 0 Å². The van der Waals surface area contributed by atoms with Crippen LogP contribution in [0.3, 0.4) is 0 Å². The molecule has 2 heterocycles. The molecule has 1 saturated heterocycles. The fraction of sp³-hybridized carbons (Fsp3) is 0.304. The summed E-state index contributed by atoms with van der Waals surface area (Å²) in [4.78, 5) is 29.0. The minimum absolute atomic E-state index is 0.00160. The lowest BCUT2D eigenvalue weighted by Gasteiger charge is -2.20. The Labute approximate surface area is 181 Å². The number of para-hydroxylation sites is 1. The molecule has 2 amide bonds. The number of carbonyl (C=O) groups excluding carboxylic acids is 1. The van der Waals surface area contributed by atoms with Gasteiger partial charge >= 0.3 is 6.03 Å². The second kappa shape index (κ2) is 8.59. The number of rotatable bonds is 6. The number of urea groups is 1. The van der Waals surface area contributed by atoms with Crippen molar-refractivity contribution in [1.29, 1.82) is 0 Å². The number of nitrogens with one attached hydrogen (secondary N) is 1. The number of hydrogen-bond acceptors (Lipinski definition) is 6. The number of nitrogens with zero attached hydrogens (tertiary/aromatic N) is 5. The van der Waals surface area contributed by atoms with E-state index in [9.17, 15) is 4.79 Å². The molecule has 1 fully saturated rings. The van der Waals surface area contributed by atoms with E-state index >= 15 is 0 Å². The number of anilines is 2. The van der Waals surface area contributed by atoms with Gasteiger partial charge in [-0.2, -0.15) is 15.0 Å². The van der Waals surface area contributed by atoms with Crippen molar-refractivity contribution in [3.8, 4) is 11.5 Å². The quantitative estimate of drug-likeness (QED) is 0.639. The maximum Gasteiger partial charge on any atom is 0.327 e. The van der Waals surface area contributed by atoms with Crippen molar-refractivity contribution in [2.24, 2.45) is 0 Å². The molecular formula is C23H26N6O2. The molecule has 8 nitrogen and oxygen atoms in total. The van der Waals surface area contributed by atoms with Crippen LogP contribution in [0, 0.1) is 6.92 Å². The fourth-order valence-electron chi connectivity index (χ4n) is 3.58. The van der Waals surface area contributed by atoms with Crippen LogP contribution >= 0.6 is 0 Å². The van der Waals surface area contributed by atoms with Gasteiger partial charge in [0.05, 0.1) is 12.1 Å². The van der Waals surface area contributed by atoms with Crippen LogP contribution in [0.2, 0.25) is 0 Å². The van der Waals surface area contributed by atoms with Crippen molar-refractivity contribution in [1.82, 2.24) is 19.9 Å². The molecule has 1 N–H and O–H groups in total. The normalized spacial score (nSPS) is 17.0. The molecule has 2 atom stereocenters. The Morgan fingerprint density at radius 2 is 1.71 bits per heavy atom. The van der Waals surface area contributed by atoms with Crippen LogP contribution in [0.5, 0.6) is 11.5 Å². The molecule has 3 aromatic rings. The molecule has 0 spiro atoms. The number of hydrogen-bond donors (Lipinski definition) is 1. The number of aromatic nitrogens is 3. The van der Waals surface area contributed by atoms with Crippen LogP contribution in [0.4, 0.5) is 16.7 Å². The lowest BCUT2D eigenvalue weighted by molar-refractivity contribution is 0.229. The molecule has 0 saturated carbocycles. The van der Waals surface area contributed by atoms with Crippen molar-refractivity contribution < 1.29 is 9.53 Å². The molecule has 160 valence electrons. The van der Waals surface area contributed by atoms with Crippen LogP contribution in [-0.4, -0.2) is 45.5 Å². The lowest BCUT2D eigenvalue weighted by atomic mass is 10.1. The minimum atomic E-state index is -0.105. The first kappa shape index (κ1) is 20.6. The van der Waals surface area contributed by atoms with E-state index in [1.807, 2.05) is 68.4 Å². The lowest BCUT2D eigenvalue weighted by Crippen LogP contribution is -2.34. The van der Waals surface area contributed by atoms with Gasteiger partial charge in [0, 0.05) is 13.6 Å². The SMILES string of the molecule is Cc1nc(N[C@@H](C)c2ccc(Oc3ccccc3)cc2)nc(N2C(=O)N(C)C[C@@H]2C)n1. The van der Waals surface area contributed by atoms with E-state index in [0.717, 1.165) is 17.1 Å². The second-order valence-electron chi connectivity index (χ2n) is 7.74. The Morgan fingerprint density at radius 3 is 2.35 bits per heavy atom. The summed E-state index contributed by atoms with van der Waals surface area (Å²) >= 11 is 0. The second-order valence-corrected chi connectivity index (χ2v) is 7.74. The summed E-state index contributed by atoms with van der Waals surface area (Å²) < 4.78 is 5.85. The zero-order valence-electron chi connectivity index (χ0n) is 18.1. The van der Waals surface area contributed by atoms with Crippen molar-refractivity contribution in [3.05, 3.63) is 66.0 Å². The third-order valence-corrected chi connectivity index (χ3v) is 5.17. The fourth-order valence-corrected chi connectivity index (χ4v) is 3.58. The zero-order valence-corrected chi connectivity index (χ0v) is 18.1. The summed E-state index contributed by atoms with van der Waals surface area (Å²) in [6, 6.07) is 17.4. The molecule has 0 radical (unpaired) electrons. The Hall–Kier alpha value is -3.68. The summed E-state index contributed by atoms with van der Waals surface area (Å²) in [5.41, 5.74) is 1.06. The average Bonchev–Trinajstić information content (AvgIpc) is 3.00. The first-order valence-electron chi connectivity index (χ1n) is 10.3. The molecule has 2 aromatic carbocycles. The van der Waals surface area contributed by atoms with Crippen molar-refractivity contribution in [2.45, 2.75) is 32.9 Å². The van der Waals surface area contributed by atoms with Gasteiger partial charge in [-0.1, -0.05) is 30.3 Å². The average molecular weight is 419 g/mol. The van der Waals surface area contributed by atoms with Crippen molar-refractivity contribution in [2.75, 3.05) is 23.8 Å². The third-order valence-electron chi connectivity index (χ3n) is 5.17. The van der Waals surface area contributed by atoms with E-state index in [1.54, 1.807) is 23.8 Å². The van der Waals surface area contributed by atoms with Crippen LogP contribution < -0.4 is 15.0 Å². The summed E-state index contributed by atoms with van der Waals surface area (Å²) in [5, 5.41) is 3.32. The number of amides is 2. The maximum atomic E-state index is 12.5. The number of benzene rings is 2. The maximum absolute atomic E-state index is 12.5. The first-order chi connectivity index (χ1) is 14.9. The molecule has 0 aliphatic carbocycles. The van der Waals surface area contributed by atoms with Gasteiger partial charge in [0.15, 0.2) is 0 Å². The topological polar surface area (TPSA) is 83.5 Å². The monoisotopic (exact) mass is 418 g/mol. The van der Waals surface area contributed by atoms with E-state index in [4.69, 9.17) is 4.74 Å². The highest BCUT2D eigenvalue weighted by Crippen LogP contribution is 2.26. The van der Waals surface area contributed by atoms with E-state index in [2.05, 4.69) is 20.3 Å². The van der Waals surface area contributed by atoms with Gasteiger partial charge < -0.3 is 15.0 Å². The standard InChI is InChI=1S/C23H26N6O2/c1-15-14-28(4)23(30)29(15)22-26-17(3)25-21(27-22)24-16(2)18-10-12-20(13-11-18)31-19-8-6-5-7-9-19/h5-13,15-16H,14H2,1-4H3,(H,24,25,26,27)/t15-,16-/m0/s1. The van der Waals surface area contributed by atoms with Gasteiger partial charge in [-0.3, -0.25) is 4.90 Å². The molecular weight excluding hydrogens is 392 g/mol. The molecule has 8 heteroatoms. The highest BCUT2D eigenvalue weighted by atomic mass is 16.5.